The van der Waals surface area contributed by atoms with E-state index in [9.17, 15) is 19.7 Å². The third-order valence-electron chi connectivity index (χ3n) is 3.88. The predicted molar refractivity (Wildman–Crippen MR) is 108 cm³/mol. The Morgan fingerprint density at radius 2 is 2.18 bits per heavy atom. The van der Waals surface area contributed by atoms with Gasteiger partial charge < -0.3 is 9.72 Å². The summed E-state index contributed by atoms with van der Waals surface area (Å²) < 4.78 is 5.01. The van der Waals surface area contributed by atoms with E-state index in [1.54, 1.807) is 26.0 Å². The van der Waals surface area contributed by atoms with Crippen molar-refractivity contribution in [1.82, 2.24) is 9.97 Å². The number of benzene rings is 1. The maximum absolute atomic E-state index is 12.4. The van der Waals surface area contributed by atoms with Crippen molar-refractivity contribution in [3.05, 3.63) is 65.5 Å². The second-order valence-electron chi connectivity index (χ2n) is 5.71. The normalized spacial score (nSPS) is 11.2. The first-order valence-corrected chi connectivity index (χ1v) is 9.33. The number of carbonyl (C=O) groups is 1. The maximum atomic E-state index is 12.4. The molecule has 0 spiro atoms. The minimum Gasteiger partial charge on any atom is -0.462 e. The molecule has 0 atom stereocenters. The topological polar surface area (TPSA) is 115 Å². The number of hydrogen-bond acceptors (Lipinski definition) is 7. The number of aryl methyl sites for hydroxylation is 1. The molecule has 10 heteroatoms. The Balaban J connectivity index is 2.00. The van der Waals surface area contributed by atoms with E-state index >= 15 is 0 Å². The van der Waals surface area contributed by atoms with E-state index in [1.165, 1.54) is 18.2 Å². The van der Waals surface area contributed by atoms with Crippen LogP contribution in [-0.2, 0) is 4.74 Å². The lowest BCUT2D eigenvalue weighted by Crippen LogP contribution is -2.10. The van der Waals surface area contributed by atoms with Gasteiger partial charge in [0, 0.05) is 6.07 Å². The molecule has 0 bridgehead atoms. The first kappa shape index (κ1) is 19.7. The molecule has 28 heavy (non-hydrogen) atoms. The Morgan fingerprint density at radius 1 is 1.43 bits per heavy atom. The molecule has 0 radical (unpaired) electrons. The molecular weight excluding hydrogens is 406 g/mol. The van der Waals surface area contributed by atoms with Crippen molar-refractivity contribution in [2.24, 2.45) is 0 Å². The Labute approximate surface area is 167 Å². The number of aromatic amines is 1. The zero-order chi connectivity index (χ0) is 20.4. The molecule has 3 rings (SSSR count). The molecule has 8 nitrogen and oxygen atoms in total. The van der Waals surface area contributed by atoms with Gasteiger partial charge in [-0.2, -0.15) is 0 Å². The molecular formula is C18H14ClN3O5S. The lowest BCUT2D eigenvalue weighted by molar-refractivity contribution is -0.384. The average Bonchev–Trinajstić information content (AvgIpc) is 2.98. The average molecular weight is 420 g/mol. The largest absolute Gasteiger partial charge is 0.462 e. The first-order valence-electron chi connectivity index (χ1n) is 8.14. The van der Waals surface area contributed by atoms with Crippen molar-refractivity contribution < 1.29 is 14.5 Å². The molecule has 0 aliphatic carbocycles. The second kappa shape index (κ2) is 7.91. The van der Waals surface area contributed by atoms with E-state index in [0.29, 0.717) is 26.2 Å². The molecule has 0 unspecified atom stereocenters. The monoisotopic (exact) mass is 419 g/mol. The zero-order valence-electron chi connectivity index (χ0n) is 14.8. The van der Waals surface area contributed by atoms with Gasteiger partial charge in [-0.3, -0.25) is 14.9 Å². The van der Waals surface area contributed by atoms with Crippen LogP contribution in [0.2, 0.25) is 5.02 Å². The van der Waals surface area contributed by atoms with E-state index in [-0.39, 0.29) is 28.7 Å². The molecule has 1 aromatic carbocycles. The molecule has 2 heterocycles. The number of ether oxygens (including phenoxy) is 1. The van der Waals surface area contributed by atoms with E-state index in [4.69, 9.17) is 16.3 Å². The van der Waals surface area contributed by atoms with Crippen LogP contribution in [0.15, 0.2) is 23.0 Å². The summed E-state index contributed by atoms with van der Waals surface area (Å²) in [7, 11) is 0. The fourth-order valence-electron chi connectivity index (χ4n) is 2.58. The number of nitrogens with one attached hydrogen (secondary N) is 1. The third-order valence-corrected chi connectivity index (χ3v) is 5.37. The number of rotatable bonds is 5. The van der Waals surface area contributed by atoms with Crippen molar-refractivity contribution in [2.75, 3.05) is 6.61 Å². The van der Waals surface area contributed by atoms with Gasteiger partial charge in [0.25, 0.3) is 11.2 Å². The van der Waals surface area contributed by atoms with Gasteiger partial charge >= 0.3 is 5.97 Å². The number of esters is 1. The molecule has 0 aliphatic heterocycles. The van der Waals surface area contributed by atoms with Gasteiger partial charge in [-0.15, -0.1) is 11.3 Å². The minimum absolute atomic E-state index is 0.0376. The summed E-state index contributed by atoms with van der Waals surface area (Å²) in [6, 6.07) is 4.35. The minimum atomic E-state index is -0.572. The molecule has 1 N–H and O–H groups in total. The molecule has 0 fully saturated rings. The van der Waals surface area contributed by atoms with E-state index in [0.717, 1.165) is 11.3 Å². The summed E-state index contributed by atoms with van der Waals surface area (Å²) in [6.07, 6.45) is 3.09. The Bertz CT molecular complexity index is 1180. The number of carbonyl (C=O) groups excluding carboxylic acids is 1. The van der Waals surface area contributed by atoms with Crippen molar-refractivity contribution in [3.8, 4) is 0 Å². The van der Waals surface area contributed by atoms with Gasteiger partial charge in [0.1, 0.15) is 20.6 Å². The molecule has 3 aromatic rings. The molecule has 0 amide bonds. The van der Waals surface area contributed by atoms with Crippen LogP contribution in [0.1, 0.15) is 33.5 Å². The first-order chi connectivity index (χ1) is 13.3. The highest BCUT2D eigenvalue weighted by atomic mass is 35.5. The van der Waals surface area contributed by atoms with Crippen molar-refractivity contribution in [2.45, 2.75) is 13.8 Å². The predicted octanol–water partition coefficient (Wildman–Crippen LogP) is 4.20. The van der Waals surface area contributed by atoms with Gasteiger partial charge in [0.15, 0.2) is 0 Å². The number of nitro benzene ring substituents is 1. The number of fused-ring (bicyclic) bond motifs is 1. The van der Waals surface area contributed by atoms with Crippen LogP contribution in [0.4, 0.5) is 5.69 Å². The standard InChI is InChI=1S/C18H14ClN3O5S/c1-3-27-18(24)15-9(2)14-16(23)20-13(21-17(14)28-15)7-5-10-4-6-11(19)12(8-10)22(25)26/h4-8H,3H2,1-2H3,(H,20,21,23)/b7-5+. The number of H-pyrrole nitrogens is 1. The van der Waals surface area contributed by atoms with Crippen LogP contribution in [0.3, 0.4) is 0 Å². The smallest absolute Gasteiger partial charge is 0.348 e. The van der Waals surface area contributed by atoms with Crippen LogP contribution in [-0.4, -0.2) is 27.5 Å². The second-order valence-corrected chi connectivity index (χ2v) is 7.12. The number of nitrogens with zero attached hydrogens (tertiary/aromatic N) is 2. The number of aromatic nitrogens is 2. The van der Waals surface area contributed by atoms with Crippen molar-refractivity contribution >= 4 is 57.0 Å². The fourth-order valence-corrected chi connectivity index (χ4v) is 3.85. The van der Waals surface area contributed by atoms with Gasteiger partial charge in [-0.25, -0.2) is 9.78 Å². The van der Waals surface area contributed by atoms with E-state index in [2.05, 4.69) is 9.97 Å². The summed E-state index contributed by atoms with van der Waals surface area (Å²) in [6.45, 7) is 3.61. The van der Waals surface area contributed by atoms with Crippen LogP contribution >= 0.6 is 22.9 Å². The molecule has 2 aromatic heterocycles. The summed E-state index contributed by atoms with van der Waals surface area (Å²) in [5.41, 5.74) is 0.453. The van der Waals surface area contributed by atoms with Crippen LogP contribution in [0.25, 0.3) is 22.4 Å². The quantitative estimate of drug-likeness (QED) is 0.376. The number of hydrogen-bond donors (Lipinski definition) is 1. The van der Waals surface area contributed by atoms with Crippen molar-refractivity contribution in [3.63, 3.8) is 0 Å². The summed E-state index contributed by atoms with van der Waals surface area (Å²) in [5.74, 6) is -0.236. The highest BCUT2D eigenvalue weighted by molar-refractivity contribution is 7.20. The zero-order valence-corrected chi connectivity index (χ0v) is 16.4. The Morgan fingerprint density at radius 3 is 2.86 bits per heavy atom. The highest BCUT2D eigenvalue weighted by Gasteiger charge is 2.20. The van der Waals surface area contributed by atoms with Crippen LogP contribution < -0.4 is 5.56 Å². The lowest BCUT2D eigenvalue weighted by Gasteiger charge is -1.99. The van der Waals surface area contributed by atoms with E-state index < -0.39 is 10.9 Å². The SMILES string of the molecule is CCOC(=O)c1sc2nc(/C=C/c3ccc(Cl)c([N+](=O)[O-])c3)[nH]c(=O)c2c1C. The maximum Gasteiger partial charge on any atom is 0.348 e. The fraction of sp³-hybridized carbons (Fsp3) is 0.167. The highest BCUT2D eigenvalue weighted by Crippen LogP contribution is 2.28. The van der Waals surface area contributed by atoms with Gasteiger partial charge in [-0.05, 0) is 37.1 Å². The Hall–Kier alpha value is -3.04. The number of thiophene rings is 1. The third kappa shape index (κ3) is 3.80. The molecule has 0 saturated heterocycles. The van der Waals surface area contributed by atoms with Gasteiger partial charge in [0.05, 0.1) is 16.9 Å². The van der Waals surface area contributed by atoms with Crippen LogP contribution in [0, 0.1) is 17.0 Å². The van der Waals surface area contributed by atoms with Crippen molar-refractivity contribution in [1.29, 1.82) is 0 Å². The van der Waals surface area contributed by atoms with Crippen LogP contribution in [0.5, 0.6) is 0 Å². The Kier molecular flexibility index (Phi) is 5.57. The summed E-state index contributed by atoms with van der Waals surface area (Å²) in [5, 5.41) is 11.4. The molecule has 0 saturated carbocycles. The number of nitro groups is 1. The summed E-state index contributed by atoms with van der Waals surface area (Å²) >= 11 is 6.88. The molecule has 144 valence electrons. The lowest BCUT2D eigenvalue weighted by atomic mass is 10.2. The molecule has 0 aliphatic rings. The van der Waals surface area contributed by atoms with Gasteiger partial charge in [0.2, 0.25) is 0 Å². The van der Waals surface area contributed by atoms with E-state index in [1.807, 2.05) is 0 Å². The number of halogens is 1. The summed E-state index contributed by atoms with van der Waals surface area (Å²) in [4.78, 5) is 42.6. The van der Waals surface area contributed by atoms with Gasteiger partial charge in [-0.1, -0.05) is 23.7 Å².